The van der Waals surface area contributed by atoms with Crippen molar-refractivity contribution in [3.63, 3.8) is 0 Å². The maximum atomic E-state index is 14.3. The number of nitrogens with one attached hydrogen (secondary N) is 1. The molecule has 2 atom stereocenters. The van der Waals surface area contributed by atoms with E-state index in [0.29, 0.717) is 49.1 Å². The minimum Gasteiger partial charge on any atom is -0.495 e. The number of methoxy groups -OCH3 is 1. The Bertz CT molecular complexity index is 2030. The number of anilines is 1. The summed E-state index contributed by atoms with van der Waals surface area (Å²) in [7, 11) is 3.31. The summed E-state index contributed by atoms with van der Waals surface area (Å²) in [6.07, 6.45) is 2.74. The highest BCUT2D eigenvalue weighted by atomic mass is 35.5. The lowest BCUT2D eigenvalue weighted by atomic mass is 9.89. The molecule has 44 heavy (non-hydrogen) atoms. The van der Waals surface area contributed by atoms with Crippen LogP contribution in [0.25, 0.3) is 21.6 Å². The Morgan fingerprint density at radius 2 is 1.93 bits per heavy atom. The zero-order valence-electron chi connectivity index (χ0n) is 25.0. The molecule has 0 saturated heterocycles. The maximum Gasteiger partial charge on any atom is 0.295 e. The number of para-hydroxylation sites is 1. The summed E-state index contributed by atoms with van der Waals surface area (Å²) in [5.74, 6) is 0.603. The molecule has 12 heteroatoms. The Morgan fingerprint density at radius 1 is 1.18 bits per heavy atom. The van der Waals surface area contributed by atoms with Crippen molar-refractivity contribution in [2.75, 3.05) is 12.4 Å². The number of rotatable bonds is 7. The van der Waals surface area contributed by atoms with E-state index in [9.17, 15) is 14.4 Å². The largest absolute Gasteiger partial charge is 0.495 e. The van der Waals surface area contributed by atoms with E-state index in [2.05, 4.69) is 12.2 Å². The zero-order valence-corrected chi connectivity index (χ0v) is 27.4. The van der Waals surface area contributed by atoms with E-state index in [1.165, 1.54) is 21.2 Å². The van der Waals surface area contributed by atoms with Crippen LogP contribution in [0, 0.1) is 12.8 Å². The molecule has 0 bridgehead atoms. The number of benzene rings is 2. The first-order valence-corrected chi connectivity index (χ1v) is 16.4. The summed E-state index contributed by atoms with van der Waals surface area (Å²) < 4.78 is 10.4. The molecule has 0 fully saturated rings. The van der Waals surface area contributed by atoms with Gasteiger partial charge in [0, 0.05) is 16.9 Å². The van der Waals surface area contributed by atoms with Gasteiger partial charge < -0.3 is 10.1 Å². The highest BCUT2D eigenvalue weighted by Crippen LogP contribution is 2.38. The molecule has 228 valence electrons. The van der Waals surface area contributed by atoms with Gasteiger partial charge in [-0.1, -0.05) is 48.5 Å². The third-order valence-electron chi connectivity index (χ3n) is 8.13. The highest BCUT2D eigenvalue weighted by Gasteiger charge is 2.28. The molecule has 2 unspecified atom stereocenters. The van der Waals surface area contributed by atoms with Crippen LogP contribution in [0.4, 0.5) is 5.69 Å². The maximum absolute atomic E-state index is 14.3. The smallest absolute Gasteiger partial charge is 0.295 e. The first kappa shape index (κ1) is 30.2. The minimum absolute atomic E-state index is 0.200. The predicted octanol–water partition coefficient (Wildman–Crippen LogP) is 6.15. The monoisotopic (exact) mass is 649 g/mol. The molecule has 3 heterocycles. The first-order chi connectivity index (χ1) is 21.1. The Balaban J connectivity index is 1.41. The van der Waals surface area contributed by atoms with Gasteiger partial charge in [-0.2, -0.15) is 0 Å². The van der Waals surface area contributed by atoms with Gasteiger partial charge in [-0.15, -0.1) is 11.3 Å². The van der Waals surface area contributed by atoms with Crippen LogP contribution in [0.15, 0.2) is 63.3 Å². The van der Waals surface area contributed by atoms with E-state index in [0.717, 1.165) is 36.6 Å². The van der Waals surface area contributed by atoms with Gasteiger partial charge in [0.25, 0.3) is 11.1 Å². The minimum atomic E-state index is -0.713. The van der Waals surface area contributed by atoms with Gasteiger partial charge in [0.2, 0.25) is 5.91 Å². The van der Waals surface area contributed by atoms with E-state index in [1.807, 2.05) is 30.3 Å². The lowest BCUT2D eigenvalue weighted by molar-refractivity contribution is -0.115. The molecule has 3 aromatic heterocycles. The molecule has 9 nitrogen and oxygen atoms in total. The molecule has 1 aliphatic rings. The highest BCUT2D eigenvalue weighted by molar-refractivity contribution is 8.00. The molecule has 1 aliphatic carbocycles. The van der Waals surface area contributed by atoms with E-state index < -0.39 is 5.25 Å². The average molecular weight is 650 g/mol. The third-order valence-corrected chi connectivity index (χ3v) is 10.6. The Kier molecular flexibility index (Phi) is 8.21. The number of hydrogen-bond acceptors (Lipinski definition) is 7. The number of thiophene rings is 1. The summed E-state index contributed by atoms with van der Waals surface area (Å²) in [5, 5.41) is 3.52. The van der Waals surface area contributed by atoms with Gasteiger partial charge in [0.05, 0.1) is 34.8 Å². The Morgan fingerprint density at radius 3 is 2.66 bits per heavy atom. The van der Waals surface area contributed by atoms with Crippen LogP contribution in [0.1, 0.15) is 36.4 Å². The van der Waals surface area contributed by atoms with Crippen molar-refractivity contribution in [3.8, 4) is 17.1 Å². The number of aryl methyl sites for hydroxylation is 1. The van der Waals surface area contributed by atoms with Gasteiger partial charge in [-0.3, -0.25) is 23.6 Å². The fourth-order valence-corrected chi connectivity index (χ4v) is 8.16. The van der Waals surface area contributed by atoms with Crippen molar-refractivity contribution in [2.45, 2.75) is 50.4 Å². The van der Waals surface area contributed by atoms with Crippen LogP contribution in [0.5, 0.6) is 5.75 Å². The fraction of sp³-hybridized carbons (Fsp3) is 0.312. The van der Waals surface area contributed by atoms with E-state index >= 15 is 0 Å². The van der Waals surface area contributed by atoms with Gasteiger partial charge in [0.1, 0.15) is 16.3 Å². The summed E-state index contributed by atoms with van der Waals surface area (Å²) in [5.41, 5.74) is 2.46. The quantitative estimate of drug-likeness (QED) is 0.168. The fourth-order valence-electron chi connectivity index (χ4n) is 5.65. The molecule has 1 N–H and O–H groups in total. The number of fused-ring (bicyclic) bond motifs is 3. The third kappa shape index (κ3) is 5.27. The van der Waals surface area contributed by atoms with E-state index in [1.54, 1.807) is 55.1 Å². The van der Waals surface area contributed by atoms with Gasteiger partial charge in [0.15, 0.2) is 5.16 Å². The number of halogens is 1. The number of hydrogen-bond donors (Lipinski definition) is 1. The van der Waals surface area contributed by atoms with Gasteiger partial charge >= 0.3 is 0 Å². The normalized spacial score (nSPS) is 15.3. The van der Waals surface area contributed by atoms with Crippen molar-refractivity contribution in [1.29, 1.82) is 0 Å². The van der Waals surface area contributed by atoms with Crippen LogP contribution >= 0.6 is 34.7 Å². The number of ether oxygens (including phenoxy) is 1. The molecule has 5 aromatic rings. The second-order valence-corrected chi connectivity index (χ2v) is 13.9. The predicted molar refractivity (Wildman–Crippen MR) is 178 cm³/mol. The molecule has 0 radical (unpaired) electrons. The Hall–Kier alpha value is -3.80. The summed E-state index contributed by atoms with van der Waals surface area (Å²) in [4.78, 5) is 48.2. The SMILES string of the molecule is COc1ccc(Cl)cc1-n1c(SC(C)C(=O)Nc2c(C)n(C)n(-c3ccccc3)c2=O)nc2sc3c(c2c1=O)CCC(C)C3. The average Bonchev–Trinajstić information content (AvgIpc) is 3.46. The lowest BCUT2D eigenvalue weighted by Crippen LogP contribution is -2.29. The Labute approximate surface area is 267 Å². The number of carbonyl (C=O) groups excluding carboxylic acids is 1. The molecule has 0 spiro atoms. The van der Waals surface area contributed by atoms with Crippen molar-refractivity contribution in [2.24, 2.45) is 13.0 Å². The standard InChI is InChI=1S/C32H32ClN5O4S2/c1-17-11-13-22-25(15-17)44-29-26(22)30(40)37(23-16-20(33)12-14-24(23)42-5)32(35-29)43-19(3)28(39)34-27-18(2)36(4)38(31(27)41)21-9-7-6-8-10-21/h6-10,12,14,16-17,19H,11,13,15H2,1-5H3,(H,34,39). The van der Waals surface area contributed by atoms with Crippen molar-refractivity contribution in [1.82, 2.24) is 18.9 Å². The van der Waals surface area contributed by atoms with Gasteiger partial charge in [-0.25, -0.2) is 9.67 Å². The lowest BCUT2D eigenvalue weighted by Gasteiger charge is -2.19. The molecule has 0 saturated carbocycles. The number of carbonyl (C=O) groups is 1. The zero-order chi connectivity index (χ0) is 31.3. The van der Waals surface area contributed by atoms with E-state index in [-0.39, 0.29) is 22.7 Å². The number of thioether (sulfide) groups is 1. The number of nitrogens with zero attached hydrogens (tertiary/aromatic N) is 4. The number of aromatic nitrogens is 4. The van der Waals surface area contributed by atoms with Crippen LogP contribution in [-0.2, 0) is 24.7 Å². The van der Waals surface area contributed by atoms with Crippen LogP contribution in [0.2, 0.25) is 5.02 Å². The molecular formula is C32H32ClN5O4S2. The van der Waals surface area contributed by atoms with Crippen molar-refractivity contribution in [3.05, 3.63) is 90.4 Å². The molecule has 6 rings (SSSR count). The van der Waals surface area contributed by atoms with Crippen LogP contribution < -0.4 is 21.2 Å². The van der Waals surface area contributed by atoms with Crippen molar-refractivity contribution < 1.29 is 9.53 Å². The summed E-state index contributed by atoms with van der Waals surface area (Å²) in [6.45, 7) is 5.73. The second kappa shape index (κ2) is 11.9. The molecule has 1 amide bonds. The molecule has 0 aliphatic heterocycles. The first-order valence-electron chi connectivity index (χ1n) is 14.3. The second-order valence-electron chi connectivity index (χ2n) is 11.1. The molecular weight excluding hydrogens is 618 g/mol. The van der Waals surface area contributed by atoms with Crippen LogP contribution in [-0.4, -0.2) is 37.2 Å². The number of amides is 1. The topological polar surface area (TPSA) is 100 Å². The summed E-state index contributed by atoms with van der Waals surface area (Å²) >= 11 is 9.09. The van der Waals surface area contributed by atoms with Crippen LogP contribution in [0.3, 0.4) is 0 Å². The van der Waals surface area contributed by atoms with Gasteiger partial charge in [-0.05, 0) is 74.9 Å². The van der Waals surface area contributed by atoms with E-state index in [4.69, 9.17) is 21.3 Å². The van der Waals surface area contributed by atoms with Crippen molar-refractivity contribution >= 4 is 56.5 Å². The summed E-state index contributed by atoms with van der Waals surface area (Å²) in [6, 6.07) is 14.3. The molecule has 2 aromatic carbocycles.